The number of phenols is 1. The second kappa shape index (κ2) is 13.4. The fraction of sp³-hybridized carbons (Fsp3) is 0.444. The van der Waals surface area contributed by atoms with Crippen LogP contribution in [0.15, 0.2) is 72.8 Å². The quantitative estimate of drug-likeness (QED) is 0.245. The highest BCUT2D eigenvalue weighted by Gasteiger charge is 2.41. The summed E-state index contributed by atoms with van der Waals surface area (Å²) in [5, 5.41) is 10.1. The zero-order valence-corrected chi connectivity index (χ0v) is 26.1. The minimum atomic E-state index is -0.0963. The molecule has 3 heterocycles. The number of imidazole rings is 1. The summed E-state index contributed by atoms with van der Waals surface area (Å²) in [6, 6.07) is 24.2. The van der Waals surface area contributed by atoms with Crippen LogP contribution in [0.4, 0.5) is 5.95 Å². The number of nitrogens with zero attached hydrogens (tertiary/aromatic N) is 5. The van der Waals surface area contributed by atoms with E-state index in [4.69, 9.17) is 9.72 Å². The molecule has 2 fully saturated rings. The van der Waals surface area contributed by atoms with Crippen LogP contribution < -0.4 is 4.90 Å². The molecule has 4 aromatic rings. The van der Waals surface area contributed by atoms with Crippen LogP contribution in [0.5, 0.6) is 5.75 Å². The van der Waals surface area contributed by atoms with E-state index < -0.39 is 0 Å². The van der Waals surface area contributed by atoms with Gasteiger partial charge >= 0.3 is 0 Å². The third-order valence-electron chi connectivity index (χ3n) is 9.55. The maximum Gasteiger partial charge on any atom is 0.254 e. The Labute approximate surface area is 260 Å². The van der Waals surface area contributed by atoms with Crippen molar-refractivity contribution in [3.05, 3.63) is 89.5 Å². The fourth-order valence-electron chi connectivity index (χ4n) is 7.02. The molecule has 2 saturated heterocycles. The van der Waals surface area contributed by atoms with Crippen LogP contribution in [0.3, 0.4) is 0 Å². The Morgan fingerprint density at radius 2 is 1.77 bits per heavy atom. The summed E-state index contributed by atoms with van der Waals surface area (Å²) in [7, 11) is 0. The maximum absolute atomic E-state index is 13.6. The van der Waals surface area contributed by atoms with E-state index in [1.807, 2.05) is 24.8 Å². The summed E-state index contributed by atoms with van der Waals surface area (Å²) in [6.45, 7) is 12.5. The molecule has 1 atom stereocenters. The van der Waals surface area contributed by atoms with Crippen LogP contribution in [-0.4, -0.2) is 89.4 Å². The molecule has 1 amide bonds. The third kappa shape index (κ3) is 6.33. The summed E-state index contributed by atoms with van der Waals surface area (Å²) in [5.41, 5.74) is 4.89. The molecular weight excluding hydrogens is 550 g/mol. The van der Waals surface area contributed by atoms with Crippen molar-refractivity contribution in [2.24, 2.45) is 0 Å². The Morgan fingerprint density at radius 1 is 0.955 bits per heavy atom. The van der Waals surface area contributed by atoms with E-state index in [2.05, 4.69) is 69.0 Å². The summed E-state index contributed by atoms with van der Waals surface area (Å²) in [4.78, 5) is 25.7. The highest BCUT2D eigenvalue weighted by molar-refractivity contribution is 5.96. The number of amides is 1. The number of carbonyl (C=O) groups is 1. The zero-order valence-electron chi connectivity index (χ0n) is 26.1. The van der Waals surface area contributed by atoms with Gasteiger partial charge in [0.2, 0.25) is 5.95 Å². The smallest absolute Gasteiger partial charge is 0.254 e. The van der Waals surface area contributed by atoms with Gasteiger partial charge in [-0.1, -0.05) is 48.5 Å². The molecule has 8 heteroatoms. The van der Waals surface area contributed by atoms with Crippen LogP contribution in [0.25, 0.3) is 11.0 Å². The molecular formula is C36H45N5O3. The summed E-state index contributed by atoms with van der Waals surface area (Å²) < 4.78 is 8.04. The second-order valence-corrected chi connectivity index (χ2v) is 12.3. The zero-order chi connectivity index (χ0) is 30.5. The van der Waals surface area contributed by atoms with Crippen LogP contribution in [0.1, 0.15) is 47.7 Å². The number of hydrogen-bond acceptors (Lipinski definition) is 6. The van der Waals surface area contributed by atoms with E-state index in [9.17, 15) is 9.90 Å². The SMILES string of the molecule is CCOCCn1c(N2CCCN(CCC3(c4ccccc4)CCN(C(=O)c4cc(O)ccc4C)C3)CC2)nc2ccccc21. The van der Waals surface area contributed by atoms with Gasteiger partial charge in [-0.05, 0) is 81.6 Å². The van der Waals surface area contributed by atoms with Crippen molar-refractivity contribution in [3.63, 3.8) is 0 Å². The first-order chi connectivity index (χ1) is 21.5. The number of aromatic nitrogens is 2. The van der Waals surface area contributed by atoms with Gasteiger partial charge in [-0.25, -0.2) is 4.98 Å². The van der Waals surface area contributed by atoms with Gasteiger partial charge in [0.15, 0.2) is 0 Å². The second-order valence-electron chi connectivity index (χ2n) is 12.3. The molecule has 1 N–H and O–H groups in total. The number of ether oxygens (including phenoxy) is 1. The van der Waals surface area contributed by atoms with Crippen molar-refractivity contribution in [1.82, 2.24) is 19.4 Å². The Balaban J connectivity index is 1.15. The first-order valence-electron chi connectivity index (χ1n) is 16.1. The van der Waals surface area contributed by atoms with Crippen molar-refractivity contribution in [2.45, 2.75) is 45.1 Å². The Morgan fingerprint density at radius 3 is 2.61 bits per heavy atom. The topological polar surface area (TPSA) is 74.1 Å². The van der Waals surface area contributed by atoms with Crippen molar-refractivity contribution in [3.8, 4) is 5.75 Å². The summed E-state index contributed by atoms with van der Waals surface area (Å²) >= 11 is 0. The normalized spacial score (nSPS) is 19.5. The molecule has 0 bridgehead atoms. The average Bonchev–Trinajstić information content (AvgIpc) is 3.57. The van der Waals surface area contributed by atoms with Gasteiger partial charge in [-0.3, -0.25) is 4.79 Å². The summed E-state index contributed by atoms with van der Waals surface area (Å²) in [6.07, 6.45) is 3.01. The molecule has 3 aromatic carbocycles. The molecule has 44 heavy (non-hydrogen) atoms. The minimum absolute atomic E-state index is 0.00819. The molecule has 1 unspecified atom stereocenters. The van der Waals surface area contributed by atoms with Crippen molar-refractivity contribution in [2.75, 3.05) is 63.9 Å². The van der Waals surface area contributed by atoms with Crippen molar-refractivity contribution >= 4 is 22.9 Å². The van der Waals surface area contributed by atoms with Gasteiger partial charge in [-0.15, -0.1) is 0 Å². The number of carbonyl (C=O) groups excluding carboxylic acids is 1. The van der Waals surface area contributed by atoms with E-state index in [1.54, 1.807) is 12.1 Å². The molecule has 0 saturated carbocycles. The molecule has 2 aliphatic rings. The van der Waals surface area contributed by atoms with Gasteiger partial charge in [0, 0.05) is 56.9 Å². The van der Waals surface area contributed by atoms with Crippen LogP contribution in [0, 0.1) is 6.92 Å². The lowest BCUT2D eigenvalue weighted by Gasteiger charge is -2.33. The number of benzene rings is 3. The van der Waals surface area contributed by atoms with E-state index in [1.165, 1.54) is 5.56 Å². The largest absolute Gasteiger partial charge is 0.508 e. The highest BCUT2D eigenvalue weighted by Crippen LogP contribution is 2.39. The maximum atomic E-state index is 13.6. The van der Waals surface area contributed by atoms with Gasteiger partial charge in [0.05, 0.1) is 17.6 Å². The van der Waals surface area contributed by atoms with E-state index in [0.29, 0.717) is 31.9 Å². The summed E-state index contributed by atoms with van der Waals surface area (Å²) in [5.74, 6) is 1.18. The molecule has 232 valence electrons. The fourth-order valence-corrected chi connectivity index (χ4v) is 7.02. The predicted octanol–water partition coefficient (Wildman–Crippen LogP) is 5.47. The Bertz CT molecular complexity index is 1570. The number of hydrogen-bond donors (Lipinski definition) is 1. The Kier molecular flexibility index (Phi) is 9.19. The number of aryl methyl sites for hydroxylation is 1. The average molecular weight is 596 g/mol. The third-order valence-corrected chi connectivity index (χ3v) is 9.55. The number of likely N-dealkylation sites (tertiary alicyclic amines) is 1. The lowest BCUT2D eigenvalue weighted by Crippen LogP contribution is -2.39. The Hall–Kier alpha value is -3.88. The van der Waals surface area contributed by atoms with Crippen molar-refractivity contribution < 1.29 is 14.6 Å². The molecule has 0 radical (unpaired) electrons. The van der Waals surface area contributed by atoms with E-state index in [0.717, 1.165) is 81.1 Å². The van der Waals surface area contributed by atoms with Gasteiger partial charge in [0.25, 0.3) is 5.91 Å². The first kappa shape index (κ1) is 30.2. The minimum Gasteiger partial charge on any atom is -0.508 e. The number of para-hydroxylation sites is 2. The number of anilines is 1. The van der Waals surface area contributed by atoms with E-state index in [-0.39, 0.29) is 17.1 Å². The van der Waals surface area contributed by atoms with Crippen LogP contribution >= 0.6 is 0 Å². The van der Waals surface area contributed by atoms with Crippen LogP contribution in [0.2, 0.25) is 0 Å². The predicted molar refractivity (Wildman–Crippen MR) is 176 cm³/mol. The van der Waals surface area contributed by atoms with Crippen molar-refractivity contribution in [1.29, 1.82) is 0 Å². The van der Waals surface area contributed by atoms with Gasteiger partial charge in [-0.2, -0.15) is 0 Å². The number of aromatic hydroxyl groups is 1. The molecule has 6 rings (SSSR count). The van der Waals surface area contributed by atoms with Crippen LogP contribution in [-0.2, 0) is 16.7 Å². The lowest BCUT2D eigenvalue weighted by atomic mass is 9.76. The highest BCUT2D eigenvalue weighted by atomic mass is 16.5. The number of fused-ring (bicyclic) bond motifs is 1. The monoisotopic (exact) mass is 595 g/mol. The number of phenolic OH excluding ortho intramolecular Hbond substituents is 1. The number of rotatable bonds is 10. The first-order valence-corrected chi connectivity index (χ1v) is 16.1. The lowest BCUT2D eigenvalue weighted by molar-refractivity contribution is 0.0779. The molecule has 0 spiro atoms. The molecule has 1 aromatic heterocycles. The van der Waals surface area contributed by atoms with Gasteiger partial charge < -0.3 is 29.1 Å². The standard InChI is InChI=1S/C36H45N5O3/c1-3-44-25-24-41-33-13-8-7-12-32(33)37-35(41)39-19-9-18-38(22-23-39)20-16-36(29-10-5-4-6-11-29)17-21-40(27-36)34(43)31-26-30(42)15-14-28(31)2/h4-8,10-15,26,42H,3,9,16-25,27H2,1-2H3. The van der Waals surface area contributed by atoms with Gasteiger partial charge in [0.1, 0.15) is 5.75 Å². The molecule has 8 nitrogen and oxygen atoms in total. The molecule has 0 aliphatic carbocycles. The van der Waals surface area contributed by atoms with E-state index >= 15 is 0 Å². The molecule has 2 aliphatic heterocycles.